The van der Waals surface area contributed by atoms with Gasteiger partial charge in [0.15, 0.2) is 0 Å². The fourth-order valence-electron chi connectivity index (χ4n) is 5.17. The molecule has 0 bridgehead atoms. The average Bonchev–Trinajstić information content (AvgIpc) is 2.77. The van der Waals surface area contributed by atoms with Gasteiger partial charge in [-0.05, 0) is 112 Å². The topological polar surface area (TPSA) is 26.3 Å². The summed E-state index contributed by atoms with van der Waals surface area (Å²) >= 11 is 3.51. The molecule has 0 aromatic heterocycles. The van der Waals surface area contributed by atoms with Gasteiger partial charge in [0.05, 0.1) is 12.2 Å². The predicted molar refractivity (Wildman–Crippen MR) is 121 cm³/mol. The van der Waals surface area contributed by atoms with E-state index in [9.17, 15) is 9.18 Å². The minimum absolute atomic E-state index is 0.0852. The number of rotatable bonds is 9. The lowest BCUT2D eigenvalue weighted by molar-refractivity contribution is 0.0162. The summed E-state index contributed by atoms with van der Waals surface area (Å²) in [6, 6.07) is 8.10. The molecule has 1 aromatic rings. The predicted octanol–water partition coefficient (Wildman–Crippen LogP) is 7.60. The number of carbonyl (C=O) groups is 1. The molecular formula is C25H36BrFO2. The molecule has 0 saturated heterocycles. The molecule has 2 nitrogen and oxygen atoms in total. The van der Waals surface area contributed by atoms with E-state index in [1.807, 2.05) is 12.1 Å². The highest BCUT2D eigenvalue weighted by atomic mass is 79.9. The fourth-order valence-corrected chi connectivity index (χ4v) is 5.49. The fraction of sp³-hybridized carbons (Fsp3) is 0.720. The SMILES string of the molecule is O=C(O[C@H]1CC[C@H](CCCBr)CC1)c1ccc([C@H]2CC[C@H](CCCF)CC2)cc1. The number of esters is 1. The average molecular weight is 467 g/mol. The second-order valence-corrected chi connectivity index (χ2v) is 9.84. The molecule has 0 spiro atoms. The van der Waals surface area contributed by atoms with Gasteiger partial charge < -0.3 is 4.74 Å². The highest BCUT2D eigenvalue weighted by Crippen LogP contribution is 2.37. The van der Waals surface area contributed by atoms with E-state index < -0.39 is 0 Å². The lowest BCUT2D eigenvalue weighted by Gasteiger charge is -2.29. The van der Waals surface area contributed by atoms with Crippen LogP contribution in [0, 0.1) is 11.8 Å². The van der Waals surface area contributed by atoms with Crippen molar-refractivity contribution in [1.29, 1.82) is 0 Å². The van der Waals surface area contributed by atoms with E-state index in [0.717, 1.165) is 30.5 Å². The standard InChI is InChI=1S/C25H36BrFO2/c26-17-1-3-19-7-15-24(16-8-19)29-25(28)23-13-11-22(12-14-23)21-9-5-20(6-10-21)4-2-18-27/h11-14,19-21,24H,1-10,15-18H2/t19-,20-,21-,24-. The van der Waals surface area contributed by atoms with Crippen LogP contribution in [0.3, 0.4) is 0 Å². The van der Waals surface area contributed by atoms with E-state index in [1.165, 1.54) is 56.9 Å². The zero-order valence-electron chi connectivity index (χ0n) is 17.6. The second-order valence-electron chi connectivity index (χ2n) is 9.05. The van der Waals surface area contributed by atoms with Crippen molar-refractivity contribution in [2.24, 2.45) is 11.8 Å². The zero-order valence-corrected chi connectivity index (χ0v) is 19.2. The van der Waals surface area contributed by atoms with E-state index >= 15 is 0 Å². The first-order valence-electron chi connectivity index (χ1n) is 11.6. The molecule has 0 aliphatic heterocycles. The molecule has 29 heavy (non-hydrogen) atoms. The molecule has 2 aliphatic rings. The van der Waals surface area contributed by atoms with Crippen LogP contribution in [0.15, 0.2) is 24.3 Å². The van der Waals surface area contributed by atoms with Crippen molar-refractivity contribution in [2.75, 3.05) is 12.0 Å². The lowest BCUT2D eigenvalue weighted by atomic mass is 9.77. The highest BCUT2D eigenvalue weighted by Gasteiger charge is 2.25. The summed E-state index contributed by atoms with van der Waals surface area (Å²) in [5.41, 5.74) is 2.00. The second kappa shape index (κ2) is 12.1. The molecular weight excluding hydrogens is 431 g/mol. The number of hydrogen-bond donors (Lipinski definition) is 0. The smallest absolute Gasteiger partial charge is 0.338 e. The van der Waals surface area contributed by atoms with Gasteiger partial charge in [0.25, 0.3) is 0 Å². The summed E-state index contributed by atoms with van der Waals surface area (Å²) in [5, 5.41) is 1.08. The summed E-state index contributed by atoms with van der Waals surface area (Å²) in [7, 11) is 0. The Labute approximate surface area is 184 Å². The van der Waals surface area contributed by atoms with Gasteiger partial charge in [-0.25, -0.2) is 4.79 Å². The van der Waals surface area contributed by atoms with Crippen molar-refractivity contribution in [3.8, 4) is 0 Å². The van der Waals surface area contributed by atoms with Crippen molar-refractivity contribution in [2.45, 2.75) is 89.1 Å². The van der Waals surface area contributed by atoms with Crippen LogP contribution < -0.4 is 0 Å². The molecule has 0 amide bonds. The van der Waals surface area contributed by atoms with Crippen LogP contribution in [0.2, 0.25) is 0 Å². The van der Waals surface area contributed by atoms with Crippen LogP contribution >= 0.6 is 15.9 Å². The Hall–Kier alpha value is -0.900. The van der Waals surface area contributed by atoms with Crippen LogP contribution in [0.25, 0.3) is 0 Å². The van der Waals surface area contributed by atoms with E-state index in [-0.39, 0.29) is 18.7 Å². The van der Waals surface area contributed by atoms with E-state index in [1.54, 1.807) is 0 Å². The summed E-state index contributed by atoms with van der Waals surface area (Å²) in [4.78, 5) is 12.5. The number of alkyl halides is 2. The van der Waals surface area contributed by atoms with Gasteiger partial charge >= 0.3 is 5.97 Å². The maximum absolute atomic E-state index is 12.5. The van der Waals surface area contributed by atoms with Gasteiger partial charge in [0, 0.05) is 5.33 Å². The Kier molecular flexibility index (Phi) is 9.48. The third-order valence-electron chi connectivity index (χ3n) is 7.02. The Balaban J connectivity index is 1.42. The van der Waals surface area contributed by atoms with E-state index in [2.05, 4.69) is 28.1 Å². The quantitative estimate of drug-likeness (QED) is 0.276. The number of halogens is 2. The van der Waals surface area contributed by atoms with Gasteiger partial charge in [-0.2, -0.15) is 0 Å². The Bertz CT molecular complexity index is 602. The molecule has 2 saturated carbocycles. The van der Waals surface area contributed by atoms with Crippen molar-refractivity contribution in [3.63, 3.8) is 0 Å². The lowest BCUT2D eigenvalue weighted by Crippen LogP contribution is -2.24. The summed E-state index contributed by atoms with van der Waals surface area (Å²) in [6.07, 6.45) is 13.5. The number of ether oxygens (including phenoxy) is 1. The van der Waals surface area contributed by atoms with Crippen molar-refractivity contribution in [3.05, 3.63) is 35.4 Å². The molecule has 2 aliphatic carbocycles. The molecule has 0 N–H and O–H groups in total. The Morgan fingerprint density at radius 2 is 1.48 bits per heavy atom. The molecule has 0 unspecified atom stereocenters. The third-order valence-corrected chi connectivity index (χ3v) is 7.58. The molecule has 0 radical (unpaired) electrons. The summed E-state index contributed by atoms with van der Waals surface area (Å²) < 4.78 is 18.2. The largest absolute Gasteiger partial charge is 0.459 e. The number of hydrogen-bond acceptors (Lipinski definition) is 2. The first kappa shape index (κ1) is 22.8. The Morgan fingerprint density at radius 3 is 2.07 bits per heavy atom. The maximum Gasteiger partial charge on any atom is 0.338 e. The van der Waals surface area contributed by atoms with E-state index in [4.69, 9.17) is 4.74 Å². The van der Waals surface area contributed by atoms with Gasteiger partial charge in [-0.3, -0.25) is 4.39 Å². The van der Waals surface area contributed by atoms with Crippen molar-refractivity contribution < 1.29 is 13.9 Å². The highest BCUT2D eigenvalue weighted by molar-refractivity contribution is 9.09. The van der Waals surface area contributed by atoms with Crippen LogP contribution in [-0.4, -0.2) is 24.1 Å². The molecule has 0 heterocycles. The molecule has 162 valence electrons. The molecule has 3 rings (SSSR count). The first-order valence-corrected chi connectivity index (χ1v) is 12.7. The van der Waals surface area contributed by atoms with Crippen LogP contribution in [0.1, 0.15) is 98.9 Å². The van der Waals surface area contributed by atoms with Crippen molar-refractivity contribution in [1.82, 2.24) is 0 Å². The van der Waals surface area contributed by atoms with Gasteiger partial charge in [-0.1, -0.05) is 28.1 Å². The number of benzene rings is 1. The van der Waals surface area contributed by atoms with Crippen LogP contribution in [-0.2, 0) is 4.74 Å². The molecule has 2 fully saturated rings. The monoisotopic (exact) mass is 466 g/mol. The minimum Gasteiger partial charge on any atom is -0.459 e. The first-order chi connectivity index (χ1) is 14.2. The zero-order chi connectivity index (χ0) is 20.5. The normalized spacial score (nSPS) is 27.5. The van der Waals surface area contributed by atoms with E-state index in [0.29, 0.717) is 23.8 Å². The van der Waals surface area contributed by atoms with Crippen LogP contribution in [0.5, 0.6) is 0 Å². The van der Waals surface area contributed by atoms with Crippen molar-refractivity contribution >= 4 is 21.9 Å². The molecule has 1 aromatic carbocycles. The Morgan fingerprint density at radius 1 is 0.897 bits per heavy atom. The summed E-state index contributed by atoms with van der Waals surface area (Å²) in [6.45, 7) is -0.184. The van der Waals surface area contributed by atoms with Gasteiger partial charge in [-0.15, -0.1) is 0 Å². The maximum atomic E-state index is 12.5. The van der Waals surface area contributed by atoms with Crippen LogP contribution in [0.4, 0.5) is 4.39 Å². The number of carbonyl (C=O) groups excluding carboxylic acids is 1. The van der Waals surface area contributed by atoms with Gasteiger partial charge in [0.1, 0.15) is 6.10 Å². The third kappa shape index (κ3) is 7.08. The molecule has 4 heteroatoms. The minimum atomic E-state index is -0.184. The molecule has 0 atom stereocenters. The van der Waals surface area contributed by atoms with Gasteiger partial charge in [0.2, 0.25) is 0 Å². The summed E-state index contributed by atoms with van der Waals surface area (Å²) in [5.74, 6) is 1.91.